The maximum absolute atomic E-state index is 13.0. The lowest BCUT2D eigenvalue weighted by molar-refractivity contribution is 0.508. The van der Waals surface area contributed by atoms with Gasteiger partial charge in [-0.3, -0.25) is 0 Å². The van der Waals surface area contributed by atoms with E-state index in [1.165, 1.54) is 6.07 Å². The van der Waals surface area contributed by atoms with Gasteiger partial charge in [-0.15, -0.1) is 0 Å². The summed E-state index contributed by atoms with van der Waals surface area (Å²) in [6.45, 7) is 3.94. The SMILES string of the molecule is C=C1CCCC=C1c1ccc(F)c(F)c1. The first-order chi connectivity index (χ1) is 7.18. The molecule has 0 aromatic heterocycles. The van der Waals surface area contributed by atoms with E-state index in [1.807, 2.05) is 6.08 Å². The smallest absolute Gasteiger partial charge is 0.159 e. The number of allylic oxidation sites excluding steroid dienone is 3. The van der Waals surface area contributed by atoms with Crippen molar-refractivity contribution in [2.24, 2.45) is 0 Å². The molecule has 2 rings (SSSR count). The maximum Gasteiger partial charge on any atom is 0.159 e. The highest BCUT2D eigenvalue weighted by Gasteiger charge is 2.12. The van der Waals surface area contributed by atoms with Crippen LogP contribution in [0, 0.1) is 11.6 Å². The number of halogens is 2. The molecule has 0 fully saturated rings. The summed E-state index contributed by atoms with van der Waals surface area (Å²) in [7, 11) is 0. The molecule has 15 heavy (non-hydrogen) atoms. The van der Waals surface area contributed by atoms with E-state index in [-0.39, 0.29) is 0 Å². The van der Waals surface area contributed by atoms with E-state index in [0.717, 1.165) is 42.0 Å². The summed E-state index contributed by atoms with van der Waals surface area (Å²) in [5.41, 5.74) is 2.69. The molecular formula is C13H12F2. The third-order valence-electron chi connectivity index (χ3n) is 2.64. The fraction of sp³-hybridized carbons (Fsp3) is 0.231. The predicted molar refractivity (Wildman–Crippen MR) is 57.3 cm³/mol. The lowest BCUT2D eigenvalue weighted by atomic mass is 9.90. The molecule has 0 spiro atoms. The Hall–Kier alpha value is -1.44. The zero-order valence-electron chi connectivity index (χ0n) is 8.39. The van der Waals surface area contributed by atoms with E-state index < -0.39 is 11.6 Å². The summed E-state index contributed by atoms with van der Waals surface area (Å²) >= 11 is 0. The predicted octanol–water partition coefficient (Wildman–Crippen LogP) is 4.09. The number of hydrogen-bond acceptors (Lipinski definition) is 0. The van der Waals surface area contributed by atoms with Gasteiger partial charge < -0.3 is 0 Å². The molecule has 2 heteroatoms. The average Bonchev–Trinajstić information content (AvgIpc) is 2.23. The van der Waals surface area contributed by atoms with Crippen molar-refractivity contribution in [3.05, 3.63) is 53.6 Å². The van der Waals surface area contributed by atoms with Crippen LogP contribution in [0.1, 0.15) is 24.8 Å². The topological polar surface area (TPSA) is 0 Å². The molecular weight excluding hydrogens is 194 g/mol. The summed E-state index contributed by atoms with van der Waals surface area (Å²) < 4.78 is 25.8. The van der Waals surface area contributed by atoms with Crippen LogP contribution in [-0.2, 0) is 0 Å². The number of hydrogen-bond donors (Lipinski definition) is 0. The van der Waals surface area contributed by atoms with Gasteiger partial charge in [-0.2, -0.15) is 0 Å². The molecule has 1 aliphatic rings. The third kappa shape index (κ3) is 1.99. The molecule has 0 radical (unpaired) electrons. The normalized spacial score (nSPS) is 16.4. The van der Waals surface area contributed by atoms with Gasteiger partial charge in [0, 0.05) is 0 Å². The first-order valence-electron chi connectivity index (χ1n) is 5.02. The van der Waals surface area contributed by atoms with Crippen LogP contribution < -0.4 is 0 Å². The Bertz CT molecular complexity index is 430. The molecule has 0 N–H and O–H groups in total. The van der Waals surface area contributed by atoms with Gasteiger partial charge in [0.05, 0.1) is 0 Å². The first kappa shape index (κ1) is 10.1. The van der Waals surface area contributed by atoms with Gasteiger partial charge in [0.1, 0.15) is 0 Å². The highest BCUT2D eigenvalue weighted by Crippen LogP contribution is 2.31. The summed E-state index contributed by atoms with van der Waals surface area (Å²) in [6.07, 6.45) is 5.04. The molecule has 1 aliphatic carbocycles. The molecule has 0 saturated carbocycles. The second kappa shape index (κ2) is 3.97. The Morgan fingerprint density at radius 1 is 1.13 bits per heavy atom. The zero-order chi connectivity index (χ0) is 10.8. The van der Waals surface area contributed by atoms with E-state index in [9.17, 15) is 8.78 Å². The van der Waals surface area contributed by atoms with Crippen LogP contribution in [0.5, 0.6) is 0 Å². The summed E-state index contributed by atoms with van der Waals surface area (Å²) in [5.74, 6) is -1.60. The van der Waals surface area contributed by atoms with Crippen LogP contribution in [0.2, 0.25) is 0 Å². The molecule has 0 amide bonds. The molecule has 0 bridgehead atoms. The van der Waals surface area contributed by atoms with Crippen molar-refractivity contribution >= 4 is 5.57 Å². The largest absolute Gasteiger partial charge is 0.204 e. The van der Waals surface area contributed by atoms with Crippen molar-refractivity contribution in [2.45, 2.75) is 19.3 Å². The van der Waals surface area contributed by atoms with E-state index >= 15 is 0 Å². The second-order valence-electron chi connectivity index (χ2n) is 3.74. The molecule has 0 nitrogen and oxygen atoms in total. The summed E-state index contributed by atoms with van der Waals surface area (Å²) in [6, 6.07) is 3.99. The monoisotopic (exact) mass is 206 g/mol. The van der Waals surface area contributed by atoms with Crippen molar-refractivity contribution in [2.75, 3.05) is 0 Å². The number of rotatable bonds is 1. The van der Waals surface area contributed by atoms with E-state index in [2.05, 4.69) is 6.58 Å². The van der Waals surface area contributed by atoms with E-state index in [0.29, 0.717) is 0 Å². The number of benzene rings is 1. The Labute approximate surface area is 87.9 Å². The lowest BCUT2D eigenvalue weighted by Gasteiger charge is -2.16. The molecule has 0 atom stereocenters. The fourth-order valence-electron chi connectivity index (χ4n) is 1.83. The van der Waals surface area contributed by atoms with Crippen molar-refractivity contribution < 1.29 is 8.78 Å². The first-order valence-corrected chi connectivity index (χ1v) is 5.02. The molecule has 0 saturated heterocycles. The van der Waals surface area contributed by atoms with Gasteiger partial charge in [0.15, 0.2) is 11.6 Å². The minimum Gasteiger partial charge on any atom is -0.204 e. The minimum atomic E-state index is -0.805. The van der Waals surface area contributed by atoms with Crippen LogP contribution >= 0.6 is 0 Å². The van der Waals surface area contributed by atoms with Gasteiger partial charge in [-0.25, -0.2) is 8.78 Å². The van der Waals surface area contributed by atoms with Gasteiger partial charge in [0.25, 0.3) is 0 Å². The zero-order valence-corrected chi connectivity index (χ0v) is 8.39. The van der Waals surface area contributed by atoms with Gasteiger partial charge in [-0.1, -0.05) is 18.7 Å². The quantitative estimate of drug-likeness (QED) is 0.649. The maximum atomic E-state index is 13.0. The summed E-state index contributed by atoms with van der Waals surface area (Å²) in [5, 5.41) is 0. The standard InChI is InChI=1S/C13H12F2/c1-9-4-2-3-5-11(9)10-6-7-12(14)13(15)8-10/h5-8H,1-4H2. The van der Waals surface area contributed by atoms with Crippen LogP contribution in [0.3, 0.4) is 0 Å². The molecule has 0 unspecified atom stereocenters. The van der Waals surface area contributed by atoms with Crippen molar-refractivity contribution in [3.63, 3.8) is 0 Å². The Kier molecular flexibility index (Phi) is 2.67. The van der Waals surface area contributed by atoms with Gasteiger partial charge in [-0.05, 0) is 48.1 Å². The molecule has 1 aromatic rings. The second-order valence-corrected chi connectivity index (χ2v) is 3.74. The summed E-state index contributed by atoms with van der Waals surface area (Å²) in [4.78, 5) is 0. The highest BCUT2D eigenvalue weighted by atomic mass is 19.2. The Balaban J connectivity index is 2.41. The molecule has 0 heterocycles. The minimum absolute atomic E-state index is 0.721. The van der Waals surface area contributed by atoms with Crippen molar-refractivity contribution in [1.82, 2.24) is 0 Å². The lowest BCUT2D eigenvalue weighted by Crippen LogP contribution is -1.96. The Morgan fingerprint density at radius 3 is 2.60 bits per heavy atom. The van der Waals surface area contributed by atoms with E-state index in [4.69, 9.17) is 0 Å². The highest BCUT2D eigenvalue weighted by molar-refractivity contribution is 5.79. The average molecular weight is 206 g/mol. The fourth-order valence-corrected chi connectivity index (χ4v) is 1.83. The van der Waals surface area contributed by atoms with Crippen LogP contribution in [0.15, 0.2) is 36.4 Å². The van der Waals surface area contributed by atoms with Crippen LogP contribution in [0.25, 0.3) is 5.57 Å². The van der Waals surface area contributed by atoms with Crippen LogP contribution in [-0.4, -0.2) is 0 Å². The van der Waals surface area contributed by atoms with Crippen molar-refractivity contribution in [1.29, 1.82) is 0 Å². The molecule has 1 aromatic carbocycles. The van der Waals surface area contributed by atoms with Gasteiger partial charge >= 0.3 is 0 Å². The van der Waals surface area contributed by atoms with Crippen LogP contribution in [0.4, 0.5) is 8.78 Å². The van der Waals surface area contributed by atoms with E-state index in [1.54, 1.807) is 6.07 Å². The van der Waals surface area contributed by atoms with Crippen molar-refractivity contribution in [3.8, 4) is 0 Å². The Morgan fingerprint density at radius 2 is 1.93 bits per heavy atom. The molecule has 78 valence electrons. The molecule has 0 aliphatic heterocycles. The third-order valence-corrected chi connectivity index (χ3v) is 2.64. The van der Waals surface area contributed by atoms with Gasteiger partial charge in [0.2, 0.25) is 0 Å².